The summed E-state index contributed by atoms with van der Waals surface area (Å²) < 4.78 is 0. The summed E-state index contributed by atoms with van der Waals surface area (Å²) in [5.41, 5.74) is 8.15. The van der Waals surface area contributed by atoms with Gasteiger partial charge in [-0.25, -0.2) is 0 Å². The lowest BCUT2D eigenvalue weighted by atomic mass is 9.92. The standard InChI is InChI=1S/C17H23N3O2/c18-13(17(22)20-15-7-3-4-8-16(15)21)9-11-10-19-14-6-2-1-5-12(11)14/h1-2,5-6,10,13,15-16,19,21H,3-4,7-9,18H2,(H,20,22)/t13-,15+,16+/m0/s1. The van der Waals surface area contributed by atoms with E-state index in [0.717, 1.165) is 42.1 Å². The molecular weight excluding hydrogens is 278 g/mol. The van der Waals surface area contributed by atoms with Crippen molar-refractivity contribution in [1.29, 1.82) is 0 Å². The number of rotatable bonds is 4. The summed E-state index contributed by atoms with van der Waals surface area (Å²) in [6, 6.07) is 7.21. The number of carbonyl (C=O) groups excluding carboxylic acids is 1. The highest BCUT2D eigenvalue weighted by atomic mass is 16.3. The number of nitrogens with two attached hydrogens (primary N) is 1. The van der Waals surface area contributed by atoms with Gasteiger partial charge in [0.25, 0.3) is 0 Å². The molecule has 5 nitrogen and oxygen atoms in total. The second-order valence-electron chi connectivity index (χ2n) is 6.14. The number of carbonyl (C=O) groups is 1. The van der Waals surface area contributed by atoms with Crippen molar-refractivity contribution in [2.24, 2.45) is 5.73 Å². The molecule has 1 aliphatic rings. The summed E-state index contributed by atoms with van der Waals surface area (Å²) >= 11 is 0. The van der Waals surface area contributed by atoms with Crippen LogP contribution in [0.2, 0.25) is 0 Å². The van der Waals surface area contributed by atoms with Crippen LogP contribution in [0.15, 0.2) is 30.5 Å². The molecule has 1 heterocycles. The molecule has 1 aliphatic carbocycles. The van der Waals surface area contributed by atoms with Gasteiger partial charge in [0, 0.05) is 17.1 Å². The fourth-order valence-corrected chi connectivity index (χ4v) is 3.20. The third kappa shape index (κ3) is 3.15. The number of aliphatic hydroxyl groups excluding tert-OH is 1. The number of amides is 1. The molecule has 22 heavy (non-hydrogen) atoms. The zero-order chi connectivity index (χ0) is 15.5. The first-order chi connectivity index (χ1) is 10.6. The predicted octanol–water partition coefficient (Wildman–Crippen LogP) is 1.46. The molecule has 0 saturated heterocycles. The molecule has 118 valence electrons. The Hall–Kier alpha value is -1.85. The SMILES string of the molecule is N[C@@H](Cc1c[nH]c2ccccc12)C(=O)N[C@@H]1CCCC[C@H]1O. The number of aliphatic hydroxyl groups is 1. The lowest BCUT2D eigenvalue weighted by molar-refractivity contribution is -0.124. The van der Waals surface area contributed by atoms with Crippen LogP contribution in [0.1, 0.15) is 31.2 Å². The number of hydrogen-bond donors (Lipinski definition) is 4. The average molecular weight is 301 g/mol. The minimum Gasteiger partial charge on any atom is -0.391 e. The second-order valence-corrected chi connectivity index (χ2v) is 6.14. The quantitative estimate of drug-likeness (QED) is 0.689. The van der Waals surface area contributed by atoms with E-state index in [9.17, 15) is 9.90 Å². The van der Waals surface area contributed by atoms with Gasteiger partial charge in [-0.2, -0.15) is 0 Å². The summed E-state index contributed by atoms with van der Waals surface area (Å²) in [7, 11) is 0. The smallest absolute Gasteiger partial charge is 0.237 e. The van der Waals surface area contributed by atoms with E-state index in [4.69, 9.17) is 5.73 Å². The Morgan fingerprint density at radius 3 is 2.95 bits per heavy atom. The van der Waals surface area contributed by atoms with Crippen LogP contribution in [0, 0.1) is 0 Å². The number of fused-ring (bicyclic) bond motifs is 1. The third-order valence-corrected chi connectivity index (χ3v) is 4.51. The van der Waals surface area contributed by atoms with Crippen molar-refractivity contribution in [3.63, 3.8) is 0 Å². The normalized spacial score (nSPS) is 23.4. The average Bonchev–Trinajstić information content (AvgIpc) is 2.93. The Kier molecular flexibility index (Phi) is 4.45. The maximum atomic E-state index is 12.3. The van der Waals surface area contributed by atoms with Crippen LogP contribution in [-0.2, 0) is 11.2 Å². The molecule has 0 bridgehead atoms. The fraction of sp³-hybridized carbons (Fsp3) is 0.471. The fourth-order valence-electron chi connectivity index (χ4n) is 3.20. The van der Waals surface area contributed by atoms with Crippen molar-refractivity contribution in [3.8, 4) is 0 Å². The van der Waals surface area contributed by atoms with E-state index in [0.29, 0.717) is 6.42 Å². The first kappa shape index (κ1) is 15.1. The van der Waals surface area contributed by atoms with Gasteiger partial charge in [-0.1, -0.05) is 31.0 Å². The van der Waals surface area contributed by atoms with Crippen LogP contribution in [-0.4, -0.2) is 34.2 Å². The molecule has 5 heteroatoms. The molecule has 0 aliphatic heterocycles. The van der Waals surface area contributed by atoms with Crippen molar-refractivity contribution in [2.45, 2.75) is 50.3 Å². The number of para-hydroxylation sites is 1. The molecule has 1 saturated carbocycles. The first-order valence-corrected chi connectivity index (χ1v) is 7.94. The molecule has 1 aromatic heterocycles. The Balaban J connectivity index is 1.63. The minimum absolute atomic E-state index is 0.157. The van der Waals surface area contributed by atoms with E-state index in [1.54, 1.807) is 0 Å². The van der Waals surface area contributed by atoms with E-state index >= 15 is 0 Å². The highest BCUT2D eigenvalue weighted by Gasteiger charge is 2.26. The van der Waals surface area contributed by atoms with Gasteiger partial charge in [0.2, 0.25) is 5.91 Å². The molecular formula is C17H23N3O2. The first-order valence-electron chi connectivity index (χ1n) is 7.94. The van der Waals surface area contributed by atoms with Crippen molar-refractivity contribution in [2.75, 3.05) is 0 Å². The van der Waals surface area contributed by atoms with E-state index in [1.807, 2.05) is 30.5 Å². The van der Waals surface area contributed by atoms with Crippen LogP contribution >= 0.6 is 0 Å². The van der Waals surface area contributed by atoms with Crippen LogP contribution in [0.5, 0.6) is 0 Å². The second kappa shape index (κ2) is 6.50. The summed E-state index contributed by atoms with van der Waals surface area (Å²) in [5.74, 6) is -0.184. The largest absolute Gasteiger partial charge is 0.391 e. The molecule has 3 atom stereocenters. The van der Waals surface area contributed by atoms with Crippen molar-refractivity contribution >= 4 is 16.8 Å². The number of hydrogen-bond acceptors (Lipinski definition) is 3. The van der Waals surface area contributed by atoms with Crippen molar-refractivity contribution in [1.82, 2.24) is 10.3 Å². The van der Waals surface area contributed by atoms with Crippen LogP contribution in [0.4, 0.5) is 0 Å². The van der Waals surface area contributed by atoms with E-state index in [1.165, 1.54) is 0 Å². The van der Waals surface area contributed by atoms with Crippen molar-refractivity contribution in [3.05, 3.63) is 36.0 Å². The minimum atomic E-state index is -0.603. The topological polar surface area (TPSA) is 91.1 Å². The highest BCUT2D eigenvalue weighted by molar-refractivity contribution is 5.86. The molecule has 1 aromatic carbocycles. The van der Waals surface area contributed by atoms with Crippen LogP contribution in [0.25, 0.3) is 10.9 Å². The maximum absolute atomic E-state index is 12.3. The molecule has 0 spiro atoms. The third-order valence-electron chi connectivity index (χ3n) is 4.51. The molecule has 3 rings (SSSR count). The Labute approximate surface area is 129 Å². The summed E-state index contributed by atoms with van der Waals surface area (Å²) in [6.45, 7) is 0. The van der Waals surface area contributed by atoms with Gasteiger partial charge in [-0.05, 0) is 30.9 Å². The molecule has 0 radical (unpaired) electrons. The Morgan fingerprint density at radius 2 is 2.14 bits per heavy atom. The lowest BCUT2D eigenvalue weighted by Gasteiger charge is -2.29. The number of nitrogens with one attached hydrogen (secondary N) is 2. The summed E-state index contributed by atoms with van der Waals surface area (Å²) in [4.78, 5) is 15.5. The van der Waals surface area contributed by atoms with E-state index < -0.39 is 12.1 Å². The number of benzene rings is 1. The maximum Gasteiger partial charge on any atom is 0.237 e. The molecule has 0 unspecified atom stereocenters. The summed E-state index contributed by atoms with van der Waals surface area (Å²) in [5, 5.41) is 13.9. The van der Waals surface area contributed by atoms with Gasteiger partial charge in [0.05, 0.1) is 18.2 Å². The van der Waals surface area contributed by atoms with Gasteiger partial charge < -0.3 is 21.1 Å². The van der Waals surface area contributed by atoms with E-state index in [-0.39, 0.29) is 11.9 Å². The molecule has 5 N–H and O–H groups in total. The van der Waals surface area contributed by atoms with Gasteiger partial charge in [-0.3, -0.25) is 4.79 Å². The molecule has 1 fully saturated rings. The van der Waals surface area contributed by atoms with Crippen molar-refractivity contribution < 1.29 is 9.90 Å². The van der Waals surface area contributed by atoms with E-state index in [2.05, 4.69) is 10.3 Å². The monoisotopic (exact) mass is 301 g/mol. The van der Waals surface area contributed by atoms with Gasteiger partial charge >= 0.3 is 0 Å². The highest BCUT2D eigenvalue weighted by Crippen LogP contribution is 2.20. The van der Waals surface area contributed by atoms with Gasteiger partial charge in [0.15, 0.2) is 0 Å². The number of H-pyrrole nitrogens is 1. The van der Waals surface area contributed by atoms with Crippen LogP contribution in [0.3, 0.4) is 0 Å². The Bertz CT molecular complexity index is 652. The Morgan fingerprint density at radius 1 is 1.36 bits per heavy atom. The van der Waals surface area contributed by atoms with Crippen LogP contribution < -0.4 is 11.1 Å². The summed E-state index contributed by atoms with van der Waals surface area (Å²) in [6.07, 6.45) is 5.59. The number of aromatic nitrogens is 1. The predicted molar refractivity (Wildman–Crippen MR) is 86.4 cm³/mol. The number of aromatic amines is 1. The molecule has 2 aromatic rings. The van der Waals surface area contributed by atoms with Gasteiger partial charge in [-0.15, -0.1) is 0 Å². The van der Waals surface area contributed by atoms with Gasteiger partial charge in [0.1, 0.15) is 0 Å². The molecule has 1 amide bonds. The zero-order valence-electron chi connectivity index (χ0n) is 12.6. The zero-order valence-corrected chi connectivity index (χ0v) is 12.6. The lowest BCUT2D eigenvalue weighted by Crippen LogP contribution is -2.51.